The van der Waals surface area contributed by atoms with Crippen LogP contribution in [0.4, 0.5) is 5.69 Å². The van der Waals surface area contributed by atoms with Crippen molar-refractivity contribution in [3.63, 3.8) is 0 Å². The van der Waals surface area contributed by atoms with Crippen molar-refractivity contribution in [1.82, 2.24) is 5.16 Å². The highest BCUT2D eigenvalue weighted by Gasteiger charge is 2.24. The van der Waals surface area contributed by atoms with Gasteiger partial charge in [0.15, 0.2) is 5.76 Å². The summed E-state index contributed by atoms with van der Waals surface area (Å²) in [6.07, 6.45) is 2.08. The van der Waals surface area contributed by atoms with Gasteiger partial charge < -0.3 is 9.84 Å². The quantitative estimate of drug-likeness (QED) is 0.707. The third kappa shape index (κ3) is 2.79. The van der Waals surface area contributed by atoms with E-state index in [9.17, 15) is 0 Å². The van der Waals surface area contributed by atoms with Crippen LogP contribution in [0.1, 0.15) is 16.8 Å². The van der Waals surface area contributed by atoms with Gasteiger partial charge in [-0.2, -0.15) is 0 Å². The highest BCUT2D eigenvalue weighted by molar-refractivity contribution is 9.10. The van der Waals surface area contributed by atoms with Gasteiger partial charge in [0.05, 0.1) is 0 Å². The van der Waals surface area contributed by atoms with Crippen molar-refractivity contribution < 1.29 is 4.52 Å². The zero-order valence-corrected chi connectivity index (χ0v) is 14.4. The molecule has 1 N–H and O–H groups in total. The van der Waals surface area contributed by atoms with E-state index in [1.54, 1.807) is 0 Å². The van der Waals surface area contributed by atoms with Crippen molar-refractivity contribution in [2.75, 3.05) is 5.32 Å². The Kier molecular flexibility index (Phi) is 3.69. The van der Waals surface area contributed by atoms with E-state index < -0.39 is 0 Å². The van der Waals surface area contributed by atoms with E-state index >= 15 is 0 Å². The molecule has 0 spiro atoms. The summed E-state index contributed by atoms with van der Waals surface area (Å²) in [6.45, 7) is 1.98. The highest BCUT2D eigenvalue weighted by Crippen LogP contribution is 2.34. The van der Waals surface area contributed by atoms with Crippen LogP contribution in [0.25, 0.3) is 11.3 Å². The Labute approximate surface area is 143 Å². The zero-order valence-electron chi connectivity index (χ0n) is 12.8. The van der Waals surface area contributed by atoms with Crippen LogP contribution in [0, 0.1) is 6.92 Å². The van der Waals surface area contributed by atoms with Gasteiger partial charge in [0.2, 0.25) is 0 Å². The number of nitrogens with one attached hydrogen (secondary N) is 1. The molecule has 4 rings (SSSR count). The van der Waals surface area contributed by atoms with Gasteiger partial charge in [-0.25, -0.2) is 0 Å². The van der Waals surface area contributed by atoms with Crippen LogP contribution in [0.3, 0.4) is 0 Å². The largest absolute Gasteiger partial charge is 0.377 e. The van der Waals surface area contributed by atoms with Crippen molar-refractivity contribution in [3.05, 3.63) is 69.8 Å². The normalized spacial score (nSPS) is 14.0. The molecule has 0 amide bonds. The average molecular weight is 369 g/mol. The fourth-order valence-electron chi connectivity index (χ4n) is 3.20. The van der Waals surface area contributed by atoms with Crippen LogP contribution < -0.4 is 5.32 Å². The van der Waals surface area contributed by atoms with E-state index in [1.165, 1.54) is 11.1 Å². The maximum Gasteiger partial charge on any atom is 0.190 e. The summed E-state index contributed by atoms with van der Waals surface area (Å²) >= 11 is 3.47. The van der Waals surface area contributed by atoms with Crippen molar-refractivity contribution in [3.8, 4) is 11.3 Å². The molecule has 1 aliphatic rings. The summed E-state index contributed by atoms with van der Waals surface area (Å²) in [5, 5.41) is 7.81. The van der Waals surface area contributed by atoms with Gasteiger partial charge in [0.25, 0.3) is 0 Å². The molecule has 0 aliphatic heterocycles. The molecule has 3 nitrogen and oxygen atoms in total. The summed E-state index contributed by atoms with van der Waals surface area (Å²) in [6, 6.07) is 17.2. The number of fused-ring (bicyclic) bond motifs is 1. The number of benzene rings is 2. The summed E-state index contributed by atoms with van der Waals surface area (Å²) in [7, 11) is 0. The Hall–Kier alpha value is -2.07. The van der Waals surface area contributed by atoms with Gasteiger partial charge in [-0.1, -0.05) is 45.4 Å². The van der Waals surface area contributed by atoms with Gasteiger partial charge in [0, 0.05) is 16.1 Å². The predicted molar refractivity (Wildman–Crippen MR) is 95.6 cm³/mol. The SMILES string of the molecule is Cc1noc(-c2ccc(Br)cc2)c1NC1Cc2ccccc2C1. The lowest BCUT2D eigenvalue weighted by atomic mass is 10.1. The lowest BCUT2D eigenvalue weighted by Gasteiger charge is -2.13. The van der Waals surface area contributed by atoms with Crippen LogP contribution in [0.5, 0.6) is 0 Å². The molecule has 0 bridgehead atoms. The van der Waals surface area contributed by atoms with Gasteiger partial charge in [-0.3, -0.25) is 0 Å². The molecule has 2 aromatic carbocycles. The van der Waals surface area contributed by atoms with Crippen LogP contribution in [-0.2, 0) is 12.8 Å². The fraction of sp³-hybridized carbons (Fsp3) is 0.211. The second kappa shape index (κ2) is 5.85. The Bertz CT molecular complexity index is 814. The smallest absolute Gasteiger partial charge is 0.190 e. The number of hydrogen-bond donors (Lipinski definition) is 1. The minimum atomic E-state index is 0.389. The Morgan fingerprint density at radius 2 is 1.70 bits per heavy atom. The van der Waals surface area contributed by atoms with Gasteiger partial charge >= 0.3 is 0 Å². The van der Waals surface area contributed by atoms with Crippen LogP contribution >= 0.6 is 15.9 Å². The van der Waals surface area contributed by atoms with Crippen molar-refractivity contribution in [2.24, 2.45) is 0 Å². The Morgan fingerprint density at radius 3 is 2.35 bits per heavy atom. The van der Waals surface area contributed by atoms with Gasteiger partial charge in [-0.05, 0) is 55.2 Å². The maximum atomic E-state index is 5.58. The number of aryl methyl sites for hydroxylation is 1. The molecule has 1 aromatic heterocycles. The van der Waals surface area contributed by atoms with E-state index in [0.29, 0.717) is 6.04 Å². The molecule has 3 aromatic rings. The van der Waals surface area contributed by atoms with Crippen LogP contribution in [0.2, 0.25) is 0 Å². The summed E-state index contributed by atoms with van der Waals surface area (Å²) in [5.74, 6) is 0.811. The first-order chi connectivity index (χ1) is 11.2. The van der Waals surface area contributed by atoms with Crippen LogP contribution in [0.15, 0.2) is 57.5 Å². The third-order valence-corrected chi connectivity index (χ3v) is 4.90. The molecule has 4 heteroatoms. The molecule has 1 heterocycles. The van der Waals surface area contributed by atoms with Crippen molar-refractivity contribution in [1.29, 1.82) is 0 Å². The third-order valence-electron chi connectivity index (χ3n) is 4.37. The Balaban J connectivity index is 1.61. The molecule has 0 saturated carbocycles. The first-order valence-corrected chi connectivity index (χ1v) is 8.55. The monoisotopic (exact) mass is 368 g/mol. The first kappa shape index (κ1) is 14.5. The second-order valence-corrected chi connectivity index (χ2v) is 6.91. The summed E-state index contributed by atoms with van der Waals surface area (Å²) in [4.78, 5) is 0. The maximum absolute atomic E-state index is 5.58. The first-order valence-electron chi connectivity index (χ1n) is 7.76. The highest BCUT2D eigenvalue weighted by atomic mass is 79.9. The van der Waals surface area contributed by atoms with E-state index in [-0.39, 0.29) is 0 Å². The molecular formula is C19H17BrN2O. The average Bonchev–Trinajstić information content (AvgIpc) is 3.12. The van der Waals surface area contributed by atoms with E-state index in [1.807, 2.05) is 31.2 Å². The molecule has 0 radical (unpaired) electrons. The number of anilines is 1. The van der Waals surface area contributed by atoms with Gasteiger partial charge in [-0.15, -0.1) is 0 Å². The van der Waals surface area contributed by atoms with E-state index in [4.69, 9.17) is 4.52 Å². The number of nitrogens with zero attached hydrogens (tertiary/aromatic N) is 1. The summed E-state index contributed by atoms with van der Waals surface area (Å²) < 4.78 is 6.63. The molecule has 116 valence electrons. The molecule has 0 atom stereocenters. The predicted octanol–water partition coefficient (Wildman–Crippen LogP) is 4.99. The minimum Gasteiger partial charge on any atom is -0.377 e. The van der Waals surface area contributed by atoms with E-state index in [0.717, 1.165) is 40.0 Å². The number of rotatable bonds is 3. The number of halogens is 1. The molecule has 0 unspecified atom stereocenters. The van der Waals surface area contributed by atoms with Crippen LogP contribution in [-0.4, -0.2) is 11.2 Å². The topological polar surface area (TPSA) is 38.1 Å². The van der Waals surface area contributed by atoms with Gasteiger partial charge in [0.1, 0.15) is 11.4 Å². The zero-order chi connectivity index (χ0) is 15.8. The lowest BCUT2D eigenvalue weighted by Crippen LogP contribution is -2.20. The number of hydrogen-bond acceptors (Lipinski definition) is 3. The molecule has 0 fully saturated rings. The molecule has 0 saturated heterocycles. The minimum absolute atomic E-state index is 0.389. The molecule has 23 heavy (non-hydrogen) atoms. The van der Waals surface area contributed by atoms with E-state index in [2.05, 4.69) is 50.7 Å². The standard InChI is InChI=1S/C19H17BrN2O/c1-12-18(19(23-22-12)13-6-8-16(20)9-7-13)21-17-10-14-4-2-3-5-15(14)11-17/h2-9,17,21H,10-11H2,1H3. The van der Waals surface area contributed by atoms with Crippen molar-refractivity contribution in [2.45, 2.75) is 25.8 Å². The molecular weight excluding hydrogens is 352 g/mol. The lowest BCUT2D eigenvalue weighted by molar-refractivity contribution is 0.427. The fourth-order valence-corrected chi connectivity index (χ4v) is 3.47. The number of aromatic nitrogens is 1. The summed E-state index contributed by atoms with van der Waals surface area (Å²) in [5.41, 5.74) is 5.81. The van der Waals surface area contributed by atoms with Crippen molar-refractivity contribution >= 4 is 21.6 Å². The Morgan fingerprint density at radius 1 is 1.04 bits per heavy atom. The molecule has 1 aliphatic carbocycles. The second-order valence-electron chi connectivity index (χ2n) is 6.00.